The number of thioether (sulfide) groups is 1. The van der Waals surface area contributed by atoms with E-state index in [0.717, 1.165) is 0 Å². The van der Waals surface area contributed by atoms with Crippen LogP contribution in [0.1, 0.15) is 6.92 Å². The van der Waals surface area contributed by atoms with Gasteiger partial charge in [-0.2, -0.15) is 39.7 Å². The molecule has 4 unspecified atom stereocenters. The zero-order chi connectivity index (χ0) is 17.9. The third-order valence-electron chi connectivity index (χ3n) is 2.46. The first kappa shape index (κ1) is 22.5. The lowest BCUT2D eigenvalue weighted by molar-refractivity contribution is -0.264. The number of hydrogen-bond donors (Lipinski definition) is 0. The minimum absolute atomic E-state index is 0.113. The average Bonchev–Trinajstić information content (AvgIpc) is 2.34. The van der Waals surface area contributed by atoms with Crippen molar-refractivity contribution < 1.29 is 39.5 Å². The summed E-state index contributed by atoms with van der Waals surface area (Å²) in [6, 6.07) is -0.113. The Labute approximate surface area is 135 Å². The third-order valence-corrected chi connectivity index (χ3v) is 6.12. The summed E-state index contributed by atoms with van der Waals surface area (Å²) in [7, 11) is -2.34. The lowest BCUT2D eigenvalue weighted by atomic mass is 10.0. The number of rotatable bonds is 9. The van der Waals surface area contributed by atoms with Crippen LogP contribution in [0.5, 0.6) is 0 Å². The van der Waals surface area contributed by atoms with Gasteiger partial charge in [-0.3, -0.25) is 0 Å². The van der Waals surface area contributed by atoms with Gasteiger partial charge in [-0.25, -0.2) is 22.0 Å². The molecule has 0 aliphatic heterocycles. The van der Waals surface area contributed by atoms with Crippen LogP contribution in [0.2, 0.25) is 6.04 Å². The fraction of sp³-hybridized carbons (Fsp3) is 1.00. The van der Waals surface area contributed by atoms with Gasteiger partial charge in [0.15, 0.2) is 6.17 Å². The van der Waals surface area contributed by atoms with Gasteiger partial charge < -0.3 is 0 Å². The normalized spacial score (nSPS) is 19.4. The van der Waals surface area contributed by atoms with Crippen LogP contribution in [0.15, 0.2) is 0 Å². The maximum absolute atomic E-state index is 13.4. The van der Waals surface area contributed by atoms with Gasteiger partial charge in [0, 0.05) is 5.25 Å². The molecule has 13 heteroatoms. The molecular weight excluding hydrogens is 410 g/mol. The van der Waals surface area contributed by atoms with Crippen LogP contribution in [-0.2, 0) is 0 Å². The molecule has 0 nitrogen and oxygen atoms in total. The molecule has 0 aromatic carbocycles. The summed E-state index contributed by atoms with van der Waals surface area (Å²) in [6.45, 7) is 1.17. The van der Waals surface area contributed by atoms with Gasteiger partial charge in [0.05, 0.1) is 0 Å². The van der Waals surface area contributed by atoms with Crippen molar-refractivity contribution >= 4 is 41.3 Å². The fourth-order valence-electron chi connectivity index (χ4n) is 1.26. The van der Waals surface area contributed by atoms with Crippen LogP contribution in [0.25, 0.3) is 0 Å². The first-order valence-corrected chi connectivity index (χ1v) is 10.9. The summed E-state index contributed by atoms with van der Waals surface area (Å²) in [4.78, 5) is 0. The van der Waals surface area contributed by atoms with E-state index in [-0.39, 0.29) is 17.8 Å². The molecule has 0 aliphatic carbocycles. The van der Waals surface area contributed by atoms with E-state index in [4.69, 9.17) is 22.2 Å². The van der Waals surface area contributed by atoms with E-state index in [2.05, 4.69) is 0 Å². The van der Waals surface area contributed by atoms with E-state index in [0.29, 0.717) is 0 Å². The molecule has 0 fully saturated rings. The molecule has 0 aromatic rings. The van der Waals surface area contributed by atoms with E-state index in [1.165, 1.54) is 6.92 Å². The van der Waals surface area contributed by atoms with E-state index in [9.17, 15) is 39.5 Å². The molecule has 0 aliphatic rings. The molecule has 0 radical (unpaired) electrons. The molecule has 0 N–H and O–H groups in total. The largest absolute Gasteiger partial charge is 0.352 e. The zero-order valence-corrected chi connectivity index (χ0v) is 14.2. The van der Waals surface area contributed by atoms with Gasteiger partial charge >= 0.3 is 11.8 Å². The maximum atomic E-state index is 13.4. The Morgan fingerprint density at radius 3 is 1.77 bits per heavy atom. The molecule has 0 spiro atoms. The van der Waals surface area contributed by atoms with Gasteiger partial charge in [0.2, 0.25) is 19.1 Å². The summed E-state index contributed by atoms with van der Waals surface area (Å²) in [5.74, 6) is -11.6. The highest BCUT2D eigenvalue weighted by Gasteiger charge is 2.69. The van der Waals surface area contributed by atoms with E-state index in [1.807, 2.05) is 0 Å². The van der Waals surface area contributed by atoms with Crippen molar-refractivity contribution in [3.05, 3.63) is 0 Å². The highest BCUT2D eigenvalue weighted by molar-refractivity contribution is 8.00. The quantitative estimate of drug-likeness (QED) is 0.276. The van der Waals surface area contributed by atoms with Crippen molar-refractivity contribution in [1.29, 1.82) is 0 Å². The maximum Gasteiger partial charge on any atom is 0.352 e. The van der Waals surface area contributed by atoms with Crippen molar-refractivity contribution in [3.8, 4) is 0 Å². The average molecular weight is 421 g/mol. The Kier molecular flexibility index (Phi) is 8.77. The molecule has 0 saturated heterocycles. The van der Waals surface area contributed by atoms with Gasteiger partial charge in [-0.05, 0) is 6.04 Å². The lowest BCUT2D eigenvalue weighted by Gasteiger charge is -2.32. The predicted octanol–water partition coefficient (Wildman–Crippen LogP) is 5.31. The zero-order valence-electron chi connectivity index (χ0n) is 10.7. The monoisotopic (exact) mass is 420 g/mol. The summed E-state index contributed by atoms with van der Waals surface area (Å²) in [6.07, 6.45) is -13.0. The minimum atomic E-state index is -5.95. The first-order valence-electron chi connectivity index (χ1n) is 5.64. The molecule has 0 rings (SSSR count). The van der Waals surface area contributed by atoms with Crippen LogP contribution in [0, 0.1) is 0 Å². The number of halogens is 11. The second-order valence-corrected chi connectivity index (χ2v) is 10.9. The van der Waals surface area contributed by atoms with Crippen molar-refractivity contribution in [2.24, 2.45) is 0 Å². The second-order valence-electron chi connectivity index (χ2n) is 4.32. The van der Waals surface area contributed by atoms with Crippen molar-refractivity contribution in [3.63, 3.8) is 0 Å². The van der Waals surface area contributed by atoms with Gasteiger partial charge in [0.1, 0.15) is 0 Å². The Morgan fingerprint density at radius 1 is 0.955 bits per heavy atom. The van der Waals surface area contributed by atoms with Crippen LogP contribution in [-0.4, -0.2) is 48.8 Å². The smallest absolute Gasteiger partial charge is 0.238 e. The van der Waals surface area contributed by atoms with Crippen molar-refractivity contribution in [1.82, 2.24) is 0 Å². The summed E-state index contributed by atoms with van der Waals surface area (Å²) in [5.41, 5.74) is -3.65. The van der Waals surface area contributed by atoms with Crippen LogP contribution < -0.4 is 0 Å². The Bertz CT molecular complexity index is 347. The Hall–Kier alpha value is 0.517. The van der Waals surface area contributed by atoms with Gasteiger partial charge in [-0.1, -0.05) is 6.92 Å². The van der Waals surface area contributed by atoms with E-state index < -0.39 is 48.8 Å². The van der Waals surface area contributed by atoms with E-state index >= 15 is 0 Å². The SMILES string of the molecule is CC(C[SiH](Cl)Cl)SC(F)C(F)(F)C(F)(F)C(F)C(F)C(F)F. The molecule has 0 saturated carbocycles. The molecule has 22 heavy (non-hydrogen) atoms. The summed E-state index contributed by atoms with van der Waals surface area (Å²) >= 11 is 10.5. The predicted molar refractivity (Wildman–Crippen MR) is 71.3 cm³/mol. The molecule has 0 bridgehead atoms. The minimum Gasteiger partial charge on any atom is -0.238 e. The highest BCUT2D eigenvalue weighted by Crippen LogP contribution is 2.48. The standard InChI is InChI=1S/C9H11Cl2F9SSi/c1-3(2-22(10)11)21-7(16)9(19,20)8(17,18)5(13)4(12)6(14)15/h3-7,22H,2H2,1H3. The number of hydrogen-bond acceptors (Lipinski definition) is 1. The van der Waals surface area contributed by atoms with Crippen LogP contribution in [0.3, 0.4) is 0 Å². The first-order chi connectivity index (χ1) is 9.75. The van der Waals surface area contributed by atoms with Gasteiger partial charge in [-0.15, -0.1) is 11.8 Å². The van der Waals surface area contributed by atoms with Crippen LogP contribution >= 0.6 is 33.9 Å². The fourth-order valence-corrected chi connectivity index (χ4v) is 5.76. The second kappa shape index (κ2) is 8.57. The van der Waals surface area contributed by atoms with E-state index in [1.54, 1.807) is 0 Å². The summed E-state index contributed by atoms with van der Waals surface area (Å²) < 4.78 is 116. The van der Waals surface area contributed by atoms with Crippen molar-refractivity contribution in [2.45, 2.75) is 54.3 Å². The lowest BCUT2D eigenvalue weighted by Crippen LogP contribution is -2.56. The molecule has 0 amide bonds. The molecule has 134 valence electrons. The van der Waals surface area contributed by atoms with Crippen LogP contribution in [0.4, 0.5) is 39.5 Å². The number of alkyl halides is 9. The summed E-state index contributed by atoms with van der Waals surface area (Å²) in [5, 5.41) is -1.00. The van der Waals surface area contributed by atoms with Crippen molar-refractivity contribution in [2.75, 3.05) is 0 Å². The third kappa shape index (κ3) is 5.55. The molecule has 4 atom stereocenters. The molecule has 0 aromatic heterocycles. The Balaban J connectivity index is 5.08. The molecular formula is C9H11Cl2F9SSi. The topological polar surface area (TPSA) is 0 Å². The molecule has 0 heterocycles. The van der Waals surface area contributed by atoms with Gasteiger partial charge in [0.25, 0.3) is 6.43 Å². The Morgan fingerprint density at radius 2 is 1.41 bits per heavy atom. The highest BCUT2D eigenvalue weighted by atomic mass is 35.7.